The average molecular weight is 328 g/mol. The van der Waals surface area contributed by atoms with E-state index in [2.05, 4.69) is 0 Å². The SMILES string of the molecule is O=c1oc2c(-c3c(O)c(=O)oc4ccccc34)cc(O)cc2s1. The van der Waals surface area contributed by atoms with E-state index < -0.39 is 16.3 Å². The van der Waals surface area contributed by atoms with Gasteiger partial charge in [-0.15, -0.1) is 0 Å². The highest BCUT2D eigenvalue weighted by atomic mass is 32.1. The predicted molar refractivity (Wildman–Crippen MR) is 85.2 cm³/mol. The van der Waals surface area contributed by atoms with Crippen LogP contribution in [0.3, 0.4) is 0 Å². The summed E-state index contributed by atoms with van der Waals surface area (Å²) in [7, 11) is 0. The Morgan fingerprint density at radius 3 is 2.61 bits per heavy atom. The van der Waals surface area contributed by atoms with Crippen LogP contribution in [0, 0.1) is 0 Å². The first-order chi connectivity index (χ1) is 11.0. The lowest BCUT2D eigenvalue weighted by atomic mass is 10.00. The van der Waals surface area contributed by atoms with E-state index in [1.807, 2.05) is 0 Å². The molecule has 2 aromatic heterocycles. The smallest absolute Gasteiger partial charge is 0.396 e. The van der Waals surface area contributed by atoms with E-state index in [-0.39, 0.29) is 28.0 Å². The van der Waals surface area contributed by atoms with Crippen molar-refractivity contribution >= 4 is 32.6 Å². The standard InChI is InChI=1S/C16H8O6S/c17-7-5-9(14-11(6-7)23-16(20)22-14)12-8-3-1-2-4-10(8)21-15(19)13(12)18/h1-6,17-18H. The molecule has 2 N–H and O–H groups in total. The van der Waals surface area contributed by atoms with Crippen molar-refractivity contribution in [1.82, 2.24) is 0 Å². The van der Waals surface area contributed by atoms with E-state index in [4.69, 9.17) is 8.83 Å². The van der Waals surface area contributed by atoms with Crippen molar-refractivity contribution in [3.63, 3.8) is 0 Å². The van der Waals surface area contributed by atoms with Gasteiger partial charge in [-0.1, -0.05) is 29.5 Å². The molecule has 0 saturated carbocycles. The summed E-state index contributed by atoms with van der Waals surface area (Å²) >= 11 is 0.825. The van der Waals surface area contributed by atoms with Gasteiger partial charge in [0.25, 0.3) is 0 Å². The Bertz CT molecular complexity index is 1180. The number of phenols is 1. The van der Waals surface area contributed by atoms with Gasteiger partial charge in [-0.05, 0) is 12.1 Å². The zero-order valence-corrected chi connectivity index (χ0v) is 12.2. The molecule has 0 spiro atoms. The Kier molecular flexibility index (Phi) is 2.79. The molecule has 0 aliphatic heterocycles. The number of fused-ring (bicyclic) bond motifs is 2. The van der Waals surface area contributed by atoms with Crippen LogP contribution in [0.4, 0.5) is 0 Å². The lowest BCUT2D eigenvalue weighted by Crippen LogP contribution is -2.00. The second-order valence-corrected chi connectivity index (χ2v) is 5.86. The summed E-state index contributed by atoms with van der Waals surface area (Å²) in [5.74, 6) is -0.717. The quantitative estimate of drug-likeness (QED) is 0.521. The van der Waals surface area contributed by atoms with Gasteiger partial charge in [-0.25, -0.2) is 9.59 Å². The summed E-state index contributed by atoms with van der Waals surface area (Å²) in [6.07, 6.45) is 0. The van der Waals surface area contributed by atoms with Crippen LogP contribution in [-0.4, -0.2) is 10.2 Å². The van der Waals surface area contributed by atoms with Gasteiger partial charge < -0.3 is 19.0 Å². The maximum Gasteiger partial charge on any atom is 0.396 e. The van der Waals surface area contributed by atoms with Crippen molar-refractivity contribution in [3.05, 3.63) is 56.6 Å². The molecule has 0 aliphatic carbocycles. The third-order valence-electron chi connectivity index (χ3n) is 3.48. The van der Waals surface area contributed by atoms with Crippen molar-refractivity contribution in [2.24, 2.45) is 0 Å². The molecule has 0 saturated heterocycles. The number of rotatable bonds is 1. The minimum absolute atomic E-state index is 0.110. The number of phenolic OH excluding ortho intramolecular Hbond substituents is 1. The molecule has 4 rings (SSSR count). The first kappa shape index (κ1) is 13.6. The largest absolute Gasteiger partial charge is 0.508 e. The molecule has 114 valence electrons. The molecule has 0 aliphatic rings. The molecule has 0 bridgehead atoms. The molecule has 7 heteroatoms. The van der Waals surface area contributed by atoms with Crippen LogP contribution in [0.5, 0.6) is 11.5 Å². The Morgan fingerprint density at radius 2 is 1.78 bits per heavy atom. The molecule has 2 aromatic carbocycles. The van der Waals surface area contributed by atoms with Crippen molar-refractivity contribution in [3.8, 4) is 22.6 Å². The van der Waals surface area contributed by atoms with Crippen LogP contribution in [0.2, 0.25) is 0 Å². The number of para-hydroxylation sites is 1. The van der Waals surface area contributed by atoms with Crippen LogP contribution in [-0.2, 0) is 0 Å². The number of benzene rings is 2. The Labute approximate surface area is 131 Å². The fraction of sp³-hybridized carbons (Fsp3) is 0. The van der Waals surface area contributed by atoms with Crippen LogP contribution in [0.1, 0.15) is 0 Å². The van der Waals surface area contributed by atoms with Crippen molar-refractivity contribution in [2.45, 2.75) is 0 Å². The van der Waals surface area contributed by atoms with Gasteiger partial charge in [0, 0.05) is 22.6 Å². The minimum atomic E-state index is -0.909. The monoisotopic (exact) mass is 328 g/mol. The highest BCUT2D eigenvalue weighted by molar-refractivity contribution is 7.16. The molecule has 23 heavy (non-hydrogen) atoms. The minimum Gasteiger partial charge on any atom is -0.508 e. The van der Waals surface area contributed by atoms with Gasteiger partial charge in [-0.3, -0.25) is 0 Å². The van der Waals surface area contributed by atoms with E-state index >= 15 is 0 Å². The van der Waals surface area contributed by atoms with Crippen molar-refractivity contribution in [2.75, 3.05) is 0 Å². The summed E-state index contributed by atoms with van der Waals surface area (Å²) in [6.45, 7) is 0. The topological polar surface area (TPSA) is 101 Å². The summed E-state index contributed by atoms with van der Waals surface area (Å²) in [5.41, 5.74) is -0.0322. The van der Waals surface area contributed by atoms with Gasteiger partial charge in [0.15, 0.2) is 5.58 Å². The molecule has 2 heterocycles. The molecule has 0 radical (unpaired) electrons. The third-order valence-corrected chi connectivity index (χ3v) is 4.25. The summed E-state index contributed by atoms with van der Waals surface area (Å²) in [5, 5.41) is 20.6. The Hall–Kier alpha value is -3.06. The number of hydrogen-bond donors (Lipinski definition) is 2. The van der Waals surface area contributed by atoms with Gasteiger partial charge in [-0.2, -0.15) is 0 Å². The normalized spacial score (nSPS) is 11.3. The van der Waals surface area contributed by atoms with Crippen LogP contribution in [0.15, 0.2) is 54.8 Å². The third kappa shape index (κ3) is 2.01. The maximum atomic E-state index is 11.9. The van der Waals surface area contributed by atoms with E-state index in [9.17, 15) is 19.8 Å². The van der Waals surface area contributed by atoms with E-state index in [1.54, 1.807) is 24.3 Å². The van der Waals surface area contributed by atoms with Crippen molar-refractivity contribution in [1.29, 1.82) is 0 Å². The highest BCUT2D eigenvalue weighted by Crippen LogP contribution is 2.40. The molecule has 0 fully saturated rings. The number of aromatic hydroxyl groups is 2. The van der Waals surface area contributed by atoms with Gasteiger partial charge in [0.1, 0.15) is 11.3 Å². The fourth-order valence-corrected chi connectivity index (χ4v) is 3.29. The number of hydrogen-bond acceptors (Lipinski definition) is 7. The second-order valence-electron chi connectivity index (χ2n) is 4.88. The molecule has 0 atom stereocenters. The zero-order chi connectivity index (χ0) is 16.1. The van der Waals surface area contributed by atoms with Crippen LogP contribution in [0.25, 0.3) is 32.4 Å². The molecule has 6 nitrogen and oxygen atoms in total. The first-order valence-corrected chi connectivity index (χ1v) is 7.38. The van der Waals surface area contributed by atoms with Gasteiger partial charge >= 0.3 is 10.6 Å². The molecular formula is C16H8O6S. The van der Waals surface area contributed by atoms with Crippen molar-refractivity contribution < 1.29 is 19.0 Å². The van der Waals surface area contributed by atoms with E-state index in [0.717, 1.165) is 11.3 Å². The lowest BCUT2D eigenvalue weighted by molar-refractivity contribution is 0.430. The Morgan fingerprint density at radius 1 is 1.00 bits per heavy atom. The van der Waals surface area contributed by atoms with Crippen LogP contribution < -0.4 is 10.6 Å². The molecule has 0 unspecified atom stereocenters. The lowest BCUT2D eigenvalue weighted by Gasteiger charge is -2.08. The highest BCUT2D eigenvalue weighted by Gasteiger charge is 2.20. The summed E-state index contributed by atoms with van der Waals surface area (Å²) in [6, 6.07) is 9.37. The molecule has 0 amide bonds. The van der Waals surface area contributed by atoms with E-state index in [1.165, 1.54) is 12.1 Å². The maximum absolute atomic E-state index is 11.9. The average Bonchev–Trinajstić information content (AvgIpc) is 2.88. The van der Waals surface area contributed by atoms with Gasteiger partial charge in [0.2, 0.25) is 5.75 Å². The predicted octanol–water partition coefficient (Wildman–Crippen LogP) is 3.04. The Balaban J connectivity index is 2.25. The van der Waals surface area contributed by atoms with E-state index in [0.29, 0.717) is 10.1 Å². The molecular weight excluding hydrogens is 320 g/mol. The zero-order valence-electron chi connectivity index (χ0n) is 11.4. The van der Waals surface area contributed by atoms with Crippen LogP contribution >= 0.6 is 11.3 Å². The second kappa shape index (κ2) is 4.72. The van der Waals surface area contributed by atoms with Gasteiger partial charge in [0.05, 0.1) is 4.70 Å². The molecule has 4 aromatic rings. The summed E-state index contributed by atoms with van der Waals surface area (Å²) < 4.78 is 10.6. The fourth-order valence-electron chi connectivity index (χ4n) is 2.56. The first-order valence-electron chi connectivity index (χ1n) is 6.56. The summed E-state index contributed by atoms with van der Waals surface area (Å²) in [4.78, 5) is 22.9.